The number of carbonyl (C=O) groups excluding carboxylic acids is 1. The first kappa shape index (κ1) is 12.7. The molecule has 88 valence electrons. The first-order chi connectivity index (χ1) is 7.61. The number of benzene rings is 1. The van der Waals surface area contributed by atoms with Crippen molar-refractivity contribution in [2.45, 2.75) is 13.3 Å². The lowest BCUT2D eigenvalue weighted by Crippen LogP contribution is -2.16. The fraction of sp³-hybridized carbons (Fsp3) is 0.462. The molecule has 0 amide bonds. The van der Waals surface area contributed by atoms with Crippen molar-refractivity contribution in [3.8, 4) is 0 Å². The monoisotopic (exact) mass is 221 g/mol. The highest BCUT2D eigenvalue weighted by Crippen LogP contribution is 2.08. The fourth-order valence-electron chi connectivity index (χ4n) is 1.43. The highest BCUT2D eigenvalue weighted by atomic mass is 16.5. The van der Waals surface area contributed by atoms with Crippen LogP contribution in [0.15, 0.2) is 24.3 Å². The standard InChI is InChI=1S/C13H19NO2/c1-11-7-4-5-8-12(11)13(15)16-10-6-9-14(2)3/h4-5,7-8H,6,9-10H2,1-3H3. The van der Waals surface area contributed by atoms with Crippen LogP contribution >= 0.6 is 0 Å². The lowest BCUT2D eigenvalue weighted by molar-refractivity contribution is 0.0492. The molecular weight excluding hydrogens is 202 g/mol. The topological polar surface area (TPSA) is 29.5 Å². The smallest absolute Gasteiger partial charge is 0.338 e. The van der Waals surface area contributed by atoms with Crippen molar-refractivity contribution in [1.29, 1.82) is 0 Å². The largest absolute Gasteiger partial charge is 0.462 e. The Balaban J connectivity index is 2.39. The molecule has 1 aromatic rings. The maximum Gasteiger partial charge on any atom is 0.338 e. The molecule has 3 heteroatoms. The van der Waals surface area contributed by atoms with E-state index >= 15 is 0 Å². The molecule has 0 saturated carbocycles. The Hall–Kier alpha value is -1.35. The van der Waals surface area contributed by atoms with Gasteiger partial charge in [-0.25, -0.2) is 4.79 Å². The highest BCUT2D eigenvalue weighted by Gasteiger charge is 2.08. The van der Waals surface area contributed by atoms with Gasteiger partial charge in [-0.05, 0) is 39.1 Å². The Morgan fingerprint density at radius 2 is 2.00 bits per heavy atom. The zero-order valence-electron chi connectivity index (χ0n) is 10.2. The molecule has 0 bridgehead atoms. The Kier molecular flexibility index (Phi) is 4.99. The molecule has 0 radical (unpaired) electrons. The van der Waals surface area contributed by atoms with Gasteiger partial charge in [-0.15, -0.1) is 0 Å². The minimum Gasteiger partial charge on any atom is -0.462 e. The van der Waals surface area contributed by atoms with Crippen LogP contribution in [0.2, 0.25) is 0 Å². The highest BCUT2D eigenvalue weighted by molar-refractivity contribution is 5.90. The number of hydrogen-bond acceptors (Lipinski definition) is 3. The number of nitrogens with zero attached hydrogens (tertiary/aromatic N) is 1. The summed E-state index contributed by atoms with van der Waals surface area (Å²) >= 11 is 0. The predicted molar refractivity (Wildman–Crippen MR) is 64.6 cm³/mol. The number of aryl methyl sites for hydroxylation is 1. The minimum absolute atomic E-state index is 0.225. The van der Waals surface area contributed by atoms with Gasteiger partial charge in [0, 0.05) is 6.54 Å². The Morgan fingerprint density at radius 3 is 2.62 bits per heavy atom. The van der Waals surface area contributed by atoms with E-state index in [9.17, 15) is 4.79 Å². The molecule has 0 aliphatic heterocycles. The first-order valence-electron chi connectivity index (χ1n) is 5.48. The summed E-state index contributed by atoms with van der Waals surface area (Å²) in [5, 5.41) is 0. The summed E-state index contributed by atoms with van der Waals surface area (Å²) < 4.78 is 5.19. The summed E-state index contributed by atoms with van der Waals surface area (Å²) in [6.07, 6.45) is 0.866. The summed E-state index contributed by atoms with van der Waals surface area (Å²) in [5.41, 5.74) is 1.62. The molecule has 0 N–H and O–H groups in total. The van der Waals surface area contributed by atoms with E-state index in [-0.39, 0.29) is 5.97 Å². The molecule has 0 fully saturated rings. The number of hydrogen-bond donors (Lipinski definition) is 0. The van der Waals surface area contributed by atoms with Gasteiger partial charge >= 0.3 is 5.97 Å². The van der Waals surface area contributed by atoms with Crippen LogP contribution in [0.3, 0.4) is 0 Å². The van der Waals surface area contributed by atoms with Crippen LogP contribution in [-0.4, -0.2) is 38.1 Å². The third-order valence-corrected chi connectivity index (χ3v) is 2.35. The first-order valence-corrected chi connectivity index (χ1v) is 5.48. The van der Waals surface area contributed by atoms with Gasteiger partial charge < -0.3 is 9.64 Å². The second-order valence-electron chi connectivity index (χ2n) is 4.11. The molecule has 0 spiro atoms. The van der Waals surface area contributed by atoms with E-state index in [0.29, 0.717) is 12.2 Å². The van der Waals surface area contributed by atoms with Gasteiger partial charge in [0.25, 0.3) is 0 Å². The molecule has 0 aliphatic rings. The Labute approximate surface area is 97.0 Å². The van der Waals surface area contributed by atoms with E-state index in [0.717, 1.165) is 18.5 Å². The minimum atomic E-state index is -0.225. The van der Waals surface area contributed by atoms with Crippen molar-refractivity contribution < 1.29 is 9.53 Å². The molecule has 1 rings (SSSR count). The lowest BCUT2D eigenvalue weighted by Gasteiger charge is -2.10. The van der Waals surface area contributed by atoms with E-state index in [1.165, 1.54) is 0 Å². The van der Waals surface area contributed by atoms with Crippen LogP contribution in [0.25, 0.3) is 0 Å². The van der Waals surface area contributed by atoms with Crippen LogP contribution in [0.4, 0.5) is 0 Å². The van der Waals surface area contributed by atoms with Crippen molar-refractivity contribution in [2.75, 3.05) is 27.2 Å². The average Bonchev–Trinajstić information content (AvgIpc) is 2.24. The maximum absolute atomic E-state index is 11.7. The molecule has 0 heterocycles. The van der Waals surface area contributed by atoms with Crippen molar-refractivity contribution in [3.05, 3.63) is 35.4 Å². The van der Waals surface area contributed by atoms with Crippen LogP contribution < -0.4 is 0 Å². The average molecular weight is 221 g/mol. The van der Waals surface area contributed by atoms with E-state index < -0.39 is 0 Å². The third kappa shape index (κ3) is 4.03. The second-order valence-corrected chi connectivity index (χ2v) is 4.11. The fourth-order valence-corrected chi connectivity index (χ4v) is 1.43. The Morgan fingerprint density at radius 1 is 1.31 bits per heavy atom. The van der Waals surface area contributed by atoms with Gasteiger partial charge in [-0.2, -0.15) is 0 Å². The summed E-state index contributed by atoms with van der Waals surface area (Å²) in [6, 6.07) is 7.47. The molecule has 16 heavy (non-hydrogen) atoms. The third-order valence-electron chi connectivity index (χ3n) is 2.35. The van der Waals surface area contributed by atoms with Gasteiger partial charge in [-0.1, -0.05) is 18.2 Å². The number of carbonyl (C=O) groups is 1. The van der Waals surface area contributed by atoms with Gasteiger partial charge in [-0.3, -0.25) is 0 Å². The summed E-state index contributed by atoms with van der Waals surface area (Å²) in [4.78, 5) is 13.7. The molecule has 0 aromatic heterocycles. The van der Waals surface area contributed by atoms with Crippen molar-refractivity contribution in [1.82, 2.24) is 4.90 Å². The SMILES string of the molecule is Cc1ccccc1C(=O)OCCCN(C)C. The maximum atomic E-state index is 11.7. The van der Waals surface area contributed by atoms with E-state index in [1.54, 1.807) is 6.07 Å². The molecule has 0 saturated heterocycles. The van der Waals surface area contributed by atoms with Gasteiger partial charge in [0.1, 0.15) is 0 Å². The van der Waals surface area contributed by atoms with Crippen molar-refractivity contribution >= 4 is 5.97 Å². The van der Waals surface area contributed by atoms with Gasteiger partial charge in [0.15, 0.2) is 0 Å². The van der Waals surface area contributed by atoms with Crippen LogP contribution in [-0.2, 0) is 4.74 Å². The second kappa shape index (κ2) is 6.28. The van der Waals surface area contributed by atoms with Crippen molar-refractivity contribution in [3.63, 3.8) is 0 Å². The summed E-state index contributed by atoms with van der Waals surface area (Å²) in [6.45, 7) is 3.32. The Bertz CT molecular complexity index is 348. The van der Waals surface area contributed by atoms with Gasteiger partial charge in [0.05, 0.1) is 12.2 Å². The predicted octanol–water partition coefficient (Wildman–Crippen LogP) is 2.10. The van der Waals surface area contributed by atoms with Gasteiger partial charge in [0.2, 0.25) is 0 Å². The van der Waals surface area contributed by atoms with Crippen LogP contribution in [0, 0.1) is 6.92 Å². The zero-order chi connectivity index (χ0) is 12.0. The molecule has 0 unspecified atom stereocenters. The number of esters is 1. The molecule has 1 aromatic carbocycles. The summed E-state index contributed by atoms with van der Waals surface area (Å²) in [5.74, 6) is -0.225. The van der Waals surface area contributed by atoms with E-state index in [4.69, 9.17) is 4.74 Å². The normalized spacial score (nSPS) is 10.5. The molecule has 3 nitrogen and oxygen atoms in total. The van der Waals surface area contributed by atoms with Crippen molar-refractivity contribution in [2.24, 2.45) is 0 Å². The number of rotatable bonds is 5. The molecule has 0 aliphatic carbocycles. The molecular formula is C13H19NO2. The lowest BCUT2D eigenvalue weighted by atomic mass is 10.1. The summed E-state index contributed by atoms with van der Waals surface area (Å²) in [7, 11) is 4.01. The van der Waals surface area contributed by atoms with Crippen LogP contribution in [0.1, 0.15) is 22.3 Å². The quantitative estimate of drug-likeness (QED) is 0.563. The zero-order valence-corrected chi connectivity index (χ0v) is 10.2. The molecule has 0 atom stereocenters. The number of ether oxygens (including phenoxy) is 1. The van der Waals surface area contributed by atoms with E-state index in [1.807, 2.05) is 39.2 Å². The van der Waals surface area contributed by atoms with Crippen LogP contribution in [0.5, 0.6) is 0 Å². The van der Waals surface area contributed by atoms with E-state index in [2.05, 4.69) is 4.90 Å².